The van der Waals surface area contributed by atoms with Crippen molar-refractivity contribution in [3.05, 3.63) is 48.6 Å². The zero-order chi connectivity index (χ0) is 44.4. The van der Waals surface area contributed by atoms with Crippen LogP contribution in [0.2, 0.25) is 0 Å². The van der Waals surface area contributed by atoms with Crippen molar-refractivity contribution in [1.82, 2.24) is 0 Å². The topological polar surface area (TPSA) is 152 Å². The molecule has 10 heteroatoms. The summed E-state index contributed by atoms with van der Waals surface area (Å²) in [6, 6.07) is 0. The number of carbonyl (C=O) groups excluding carboxylic acids is 2. The van der Waals surface area contributed by atoms with Crippen LogP contribution in [0.3, 0.4) is 0 Å². The van der Waals surface area contributed by atoms with Crippen molar-refractivity contribution in [2.45, 2.75) is 243 Å². The van der Waals surface area contributed by atoms with Gasteiger partial charge in [-0.2, -0.15) is 0 Å². The lowest BCUT2D eigenvalue weighted by Gasteiger charge is -2.39. The Bertz CT molecular complexity index is 1130. The van der Waals surface area contributed by atoms with Crippen LogP contribution in [0, 0.1) is 0 Å². The number of allylic oxidation sites excluding steroid dienone is 8. The number of carbonyl (C=O) groups is 2. The molecule has 0 amide bonds. The number of hydrogen-bond donors (Lipinski definition) is 4. The number of rotatable bonds is 41. The first-order chi connectivity index (χ1) is 29.8. The van der Waals surface area contributed by atoms with Gasteiger partial charge in [-0.05, 0) is 51.4 Å². The first kappa shape index (κ1) is 56.7. The molecule has 0 aliphatic carbocycles. The van der Waals surface area contributed by atoms with Crippen LogP contribution in [0.5, 0.6) is 0 Å². The van der Waals surface area contributed by atoms with Crippen molar-refractivity contribution in [3.8, 4) is 0 Å². The van der Waals surface area contributed by atoms with E-state index in [1.54, 1.807) is 0 Å². The van der Waals surface area contributed by atoms with Crippen molar-refractivity contribution in [2.75, 3.05) is 19.8 Å². The summed E-state index contributed by atoms with van der Waals surface area (Å²) in [5.74, 6) is -0.837. The minimum atomic E-state index is -1.60. The van der Waals surface area contributed by atoms with E-state index in [2.05, 4.69) is 62.5 Å². The van der Waals surface area contributed by atoms with E-state index < -0.39 is 49.4 Å². The molecular formula is C51H90O10. The maximum absolute atomic E-state index is 12.8. The van der Waals surface area contributed by atoms with Gasteiger partial charge in [0.15, 0.2) is 12.4 Å². The Balaban J connectivity index is 2.30. The Labute approximate surface area is 371 Å². The Kier molecular flexibility index (Phi) is 38.7. The number of hydrogen-bond acceptors (Lipinski definition) is 10. The molecule has 4 N–H and O–H groups in total. The summed E-state index contributed by atoms with van der Waals surface area (Å²) in [6.45, 7) is 3.34. The standard InChI is InChI=1S/C51H90O10/c1-3-5-7-9-11-13-15-17-19-21-22-24-25-27-29-31-33-35-37-39-46(53)58-42-44(43-59-51-50(57)49(56)48(55)45(41-52)61-51)60-47(54)40-38-36-34-32-30-28-26-23-20-18-16-14-12-10-8-6-4-2/h8,10,14,16,20,23,28,30,44-45,48-52,55-57H,3-7,9,11-13,15,17-19,21-22,24-27,29,31-43H2,1-2H3/b10-8+,16-14+,23-20+,30-28+/t44-,45-,48+,49?,50?,51-/m0/s1. The van der Waals surface area contributed by atoms with E-state index in [4.69, 9.17) is 18.9 Å². The fraction of sp³-hybridized carbons (Fsp3) is 0.804. The SMILES string of the molecule is CCC/C=C/C/C=C/C/C=C/C/C=C/CCCCCC(=O)O[C@@H](COC(=O)CCCCCCCCCCCCCCCCCCCCC)CO[C@H]1O[C@@H](CO)[C@@H](O)C(O)C1O. The average Bonchev–Trinajstić information content (AvgIpc) is 3.26. The highest BCUT2D eigenvalue weighted by molar-refractivity contribution is 5.70. The molecule has 0 radical (unpaired) electrons. The minimum Gasteiger partial charge on any atom is -0.462 e. The zero-order valence-corrected chi connectivity index (χ0v) is 38.7. The molecule has 10 nitrogen and oxygen atoms in total. The van der Waals surface area contributed by atoms with Crippen LogP contribution >= 0.6 is 0 Å². The van der Waals surface area contributed by atoms with Gasteiger partial charge < -0.3 is 39.4 Å². The lowest BCUT2D eigenvalue weighted by Crippen LogP contribution is -2.59. The molecule has 1 aliphatic rings. The summed E-state index contributed by atoms with van der Waals surface area (Å²) < 4.78 is 22.2. The first-order valence-corrected chi connectivity index (χ1v) is 24.7. The lowest BCUT2D eigenvalue weighted by molar-refractivity contribution is -0.305. The van der Waals surface area contributed by atoms with Gasteiger partial charge in [0.05, 0.1) is 13.2 Å². The van der Waals surface area contributed by atoms with Crippen molar-refractivity contribution >= 4 is 11.9 Å². The maximum Gasteiger partial charge on any atom is 0.306 e. The fourth-order valence-corrected chi connectivity index (χ4v) is 7.30. The molecule has 0 aromatic rings. The van der Waals surface area contributed by atoms with Crippen LogP contribution in [-0.2, 0) is 28.5 Å². The monoisotopic (exact) mass is 863 g/mol. The molecule has 1 heterocycles. The third-order valence-electron chi connectivity index (χ3n) is 11.2. The maximum atomic E-state index is 12.8. The van der Waals surface area contributed by atoms with E-state index in [0.717, 1.165) is 64.2 Å². The van der Waals surface area contributed by atoms with Crippen LogP contribution in [0.1, 0.15) is 206 Å². The second-order valence-corrected chi connectivity index (χ2v) is 16.9. The highest BCUT2D eigenvalue weighted by atomic mass is 16.7. The normalized spacial score (nSPS) is 20.1. The number of aliphatic hydroxyl groups is 4. The molecule has 0 spiro atoms. The number of unbranched alkanes of at least 4 members (excludes halogenated alkanes) is 22. The molecule has 61 heavy (non-hydrogen) atoms. The molecule has 1 saturated heterocycles. The van der Waals surface area contributed by atoms with E-state index in [1.807, 2.05) is 0 Å². The van der Waals surface area contributed by atoms with Gasteiger partial charge in [-0.1, -0.05) is 191 Å². The average molecular weight is 863 g/mol. The van der Waals surface area contributed by atoms with Crippen LogP contribution in [0.4, 0.5) is 0 Å². The number of esters is 2. The molecule has 0 bridgehead atoms. The van der Waals surface area contributed by atoms with E-state index in [0.29, 0.717) is 6.42 Å². The van der Waals surface area contributed by atoms with E-state index in [1.165, 1.54) is 109 Å². The van der Waals surface area contributed by atoms with E-state index in [-0.39, 0.29) is 32.0 Å². The molecule has 6 atom stereocenters. The fourth-order valence-electron chi connectivity index (χ4n) is 7.30. The van der Waals surface area contributed by atoms with Crippen LogP contribution in [0.15, 0.2) is 48.6 Å². The summed E-state index contributed by atoms with van der Waals surface area (Å²) >= 11 is 0. The summed E-state index contributed by atoms with van der Waals surface area (Å²) in [6.07, 6.45) is 42.6. The quantitative estimate of drug-likeness (QED) is 0.0265. The highest BCUT2D eigenvalue weighted by Gasteiger charge is 2.44. The van der Waals surface area contributed by atoms with Gasteiger partial charge in [-0.15, -0.1) is 0 Å². The lowest BCUT2D eigenvalue weighted by atomic mass is 9.99. The smallest absolute Gasteiger partial charge is 0.306 e. The first-order valence-electron chi connectivity index (χ1n) is 24.7. The van der Waals surface area contributed by atoms with Gasteiger partial charge in [0.1, 0.15) is 31.0 Å². The minimum absolute atomic E-state index is 0.193. The molecule has 0 aromatic heterocycles. The predicted octanol–water partition coefficient (Wildman–Crippen LogP) is 11.2. The predicted molar refractivity (Wildman–Crippen MR) is 247 cm³/mol. The molecule has 1 fully saturated rings. The second-order valence-electron chi connectivity index (χ2n) is 16.9. The zero-order valence-electron chi connectivity index (χ0n) is 38.7. The largest absolute Gasteiger partial charge is 0.462 e. The van der Waals surface area contributed by atoms with E-state index >= 15 is 0 Å². The Morgan fingerprint density at radius 1 is 0.508 bits per heavy atom. The van der Waals surface area contributed by atoms with Crippen LogP contribution in [0.25, 0.3) is 0 Å². The molecule has 354 valence electrons. The van der Waals surface area contributed by atoms with Crippen molar-refractivity contribution in [2.24, 2.45) is 0 Å². The van der Waals surface area contributed by atoms with Crippen LogP contribution < -0.4 is 0 Å². The molecular weight excluding hydrogens is 773 g/mol. The van der Waals surface area contributed by atoms with Crippen molar-refractivity contribution < 1.29 is 49.0 Å². The van der Waals surface area contributed by atoms with Gasteiger partial charge in [0.2, 0.25) is 0 Å². The van der Waals surface area contributed by atoms with Gasteiger partial charge in [0.25, 0.3) is 0 Å². The van der Waals surface area contributed by atoms with Crippen LogP contribution in [-0.4, -0.2) is 89.0 Å². The summed E-state index contributed by atoms with van der Waals surface area (Å²) in [5.41, 5.74) is 0. The number of aliphatic hydroxyl groups excluding tert-OH is 4. The summed E-state index contributed by atoms with van der Waals surface area (Å²) in [5, 5.41) is 40.1. The third kappa shape index (κ3) is 32.9. The van der Waals surface area contributed by atoms with Gasteiger partial charge >= 0.3 is 11.9 Å². The summed E-state index contributed by atoms with van der Waals surface area (Å²) in [4.78, 5) is 25.4. The van der Waals surface area contributed by atoms with Crippen molar-refractivity contribution in [1.29, 1.82) is 0 Å². The van der Waals surface area contributed by atoms with Gasteiger partial charge in [0, 0.05) is 12.8 Å². The summed E-state index contributed by atoms with van der Waals surface area (Å²) in [7, 11) is 0. The third-order valence-corrected chi connectivity index (χ3v) is 11.2. The highest BCUT2D eigenvalue weighted by Crippen LogP contribution is 2.23. The molecule has 0 saturated carbocycles. The van der Waals surface area contributed by atoms with Gasteiger partial charge in [-0.25, -0.2) is 0 Å². The molecule has 1 aliphatic heterocycles. The molecule has 1 rings (SSSR count). The Hall–Kier alpha value is -2.34. The van der Waals surface area contributed by atoms with Crippen molar-refractivity contribution in [3.63, 3.8) is 0 Å². The molecule has 2 unspecified atom stereocenters. The molecule has 0 aromatic carbocycles. The Morgan fingerprint density at radius 3 is 1.44 bits per heavy atom. The number of ether oxygens (including phenoxy) is 4. The van der Waals surface area contributed by atoms with Gasteiger partial charge in [-0.3, -0.25) is 9.59 Å². The second kappa shape index (κ2) is 41.7. The Morgan fingerprint density at radius 2 is 0.951 bits per heavy atom. The van der Waals surface area contributed by atoms with E-state index in [9.17, 15) is 30.0 Å².